The first-order chi connectivity index (χ1) is 10.6. The summed E-state index contributed by atoms with van der Waals surface area (Å²) in [5.74, 6) is 0.848. The molecule has 2 unspecified atom stereocenters. The number of aryl methyl sites for hydroxylation is 2. The van der Waals surface area contributed by atoms with Crippen molar-refractivity contribution in [3.63, 3.8) is 0 Å². The maximum Gasteiger partial charge on any atom is 0.125 e. The van der Waals surface area contributed by atoms with Crippen LogP contribution in [0, 0.1) is 13.8 Å². The first kappa shape index (κ1) is 15.9. The highest BCUT2D eigenvalue weighted by Crippen LogP contribution is 2.39. The fourth-order valence-electron chi connectivity index (χ4n) is 4.18. The van der Waals surface area contributed by atoms with Crippen molar-refractivity contribution >= 4 is 0 Å². The molecule has 0 radical (unpaired) electrons. The molecule has 1 aromatic rings. The zero-order chi connectivity index (χ0) is 15.6. The number of aromatic nitrogens is 2. The first-order valence-electron chi connectivity index (χ1n) is 8.78. The first-order valence-corrected chi connectivity index (χ1v) is 8.78. The van der Waals surface area contributed by atoms with E-state index in [0.717, 1.165) is 31.0 Å². The molecule has 0 aromatic carbocycles. The Morgan fingerprint density at radius 1 is 1.27 bits per heavy atom. The second-order valence-corrected chi connectivity index (χ2v) is 7.13. The Morgan fingerprint density at radius 3 is 2.77 bits per heavy atom. The third-order valence-corrected chi connectivity index (χ3v) is 5.35. The molecule has 0 bridgehead atoms. The van der Waals surface area contributed by atoms with E-state index in [4.69, 9.17) is 4.74 Å². The Hall–Kier alpha value is -1.00. The minimum absolute atomic E-state index is 0.159. The van der Waals surface area contributed by atoms with E-state index in [1.54, 1.807) is 0 Å². The quantitative estimate of drug-likeness (QED) is 0.926. The summed E-state index contributed by atoms with van der Waals surface area (Å²) >= 11 is 0. The molecule has 1 N–H and O–H groups in total. The number of nitrogens with one attached hydrogen (secondary N) is 1. The normalized spacial score (nSPS) is 26.0. The second-order valence-electron chi connectivity index (χ2n) is 7.13. The van der Waals surface area contributed by atoms with Crippen molar-refractivity contribution in [1.29, 1.82) is 0 Å². The molecule has 1 aromatic heterocycles. The van der Waals surface area contributed by atoms with Gasteiger partial charge < -0.3 is 10.1 Å². The van der Waals surface area contributed by atoms with Gasteiger partial charge in [-0.05, 0) is 46.5 Å². The Balaban J connectivity index is 1.64. The van der Waals surface area contributed by atoms with Gasteiger partial charge >= 0.3 is 0 Å². The molecule has 4 heteroatoms. The van der Waals surface area contributed by atoms with E-state index in [2.05, 4.69) is 29.1 Å². The van der Waals surface area contributed by atoms with Gasteiger partial charge in [-0.2, -0.15) is 0 Å². The van der Waals surface area contributed by atoms with E-state index >= 15 is 0 Å². The standard InChI is InChI=1S/C18H29N3O/c1-13-17(12-19-15(3)20-13)14(2)21-16-7-10-22-18(11-16)8-5-4-6-9-18/h12,14,16,21H,4-11H2,1-3H3. The number of nitrogens with zero attached hydrogens (tertiary/aromatic N) is 2. The summed E-state index contributed by atoms with van der Waals surface area (Å²) in [6.07, 6.45) is 10.8. The SMILES string of the molecule is Cc1ncc(C(C)NC2CCOC3(CCCCC3)C2)c(C)n1. The molecule has 0 amide bonds. The fourth-order valence-corrected chi connectivity index (χ4v) is 4.18. The molecule has 122 valence electrons. The minimum atomic E-state index is 0.159. The van der Waals surface area contributed by atoms with Crippen LogP contribution in [0.4, 0.5) is 0 Å². The van der Waals surface area contributed by atoms with Gasteiger partial charge in [0.05, 0.1) is 5.60 Å². The Morgan fingerprint density at radius 2 is 2.05 bits per heavy atom. The monoisotopic (exact) mass is 303 g/mol. The van der Waals surface area contributed by atoms with Crippen molar-refractivity contribution in [2.75, 3.05) is 6.61 Å². The molecule has 1 aliphatic heterocycles. The van der Waals surface area contributed by atoms with E-state index in [9.17, 15) is 0 Å². The summed E-state index contributed by atoms with van der Waals surface area (Å²) in [6.45, 7) is 7.15. The van der Waals surface area contributed by atoms with Crippen LogP contribution in [-0.4, -0.2) is 28.2 Å². The zero-order valence-corrected chi connectivity index (χ0v) is 14.2. The van der Waals surface area contributed by atoms with E-state index in [-0.39, 0.29) is 5.60 Å². The predicted octanol–water partition coefficient (Wildman–Crippen LogP) is 3.63. The summed E-state index contributed by atoms with van der Waals surface area (Å²) in [5.41, 5.74) is 2.47. The lowest BCUT2D eigenvalue weighted by Gasteiger charge is -2.44. The molecule has 2 fully saturated rings. The van der Waals surface area contributed by atoms with E-state index in [1.165, 1.54) is 37.7 Å². The van der Waals surface area contributed by atoms with Gasteiger partial charge in [0.25, 0.3) is 0 Å². The maximum absolute atomic E-state index is 6.20. The van der Waals surface area contributed by atoms with Crippen molar-refractivity contribution in [2.24, 2.45) is 0 Å². The van der Waals surface area contributed by atoms with Gasteiger partial charge in [0.1, 0.15) is 5.82 Å². The lowest BCUT2D eigenvalue weighted by atomic mass is 9.78. The number of ether oxygens (including phenoxy) is 1. The molecule has 2 aliphatic rings. The van der Waals surface area contributed by atoms with Gasteiger partial charge in [0.2, 0.25) is 0 Å². The third kappa shape index (κ3) is 3.49. The van der Waals surface area contributed by atoms with Crippen LogP contribution in [0.25, 0.3) is 0 Å². The number of rotatable bonds is 3. The van der Waals surface area contributed by atoms with Crippen LogP contribution in [0.5, 0.6) is 0 Å². The molecule has 4 nitrogen and oxygen atoms in total. The van der Waals surface area contributed by atoms with E-state index in [0.29, 0.717) is 12.1 Å². The van der Waals surface area contributed by atoms with Crippen LogP contribution < -0.4 is 5.32 Å². The highest BCUT2D eigenvalue weighted by molar-refractivity contribution is 5.20. The summed E-state index contributed by atoms with van der Waals surface area (Å²) in [4.78, 5) is 8.86. The molecule has 1 aliphatic carbocycles. The van der Waals surface area contributed by atoms with Crippen LogP contribution >= 0.6 is 0 Å². The smallest absolute Gasteiger partial charge is 0.125 e. The summed E-state index contributed by atoms with van der Waals surface area (Å²) < 4.78 is 6.20. The summed E-state index contributed by atoms with van der Waals surface area (Å²) in [7, 11) is 0. The second kappa shape index (κ2) is 6.63. The Kier molecular flexibility index (Phi) is 4.79. The van der Waals surface area contributed by atoms with Crippen molar-refractivity contribution in [2.45, 2.75) is 83.4 Å². The average Bonchev–Trinajstić information content (AvgIpc) is 2.48. The predicted molar refractivity (Wildman–Crippen MR) is 87.8 cm³/mol. The Labute approximate surface area is 134 Å². The van der Waals surface area contributed by atoms with Crippen LogP contribution in [0.3, 0.4) is 0 Å². The van der Waals surface area contributed by atoms with Gasteiger partial charge in [-0.25, -0.2) is 9.97 Å². The molecule has 2 heterocycles. The fraction of sp³-hybridized carbons (Fsp3) is 0.778. The zero-order valence-electron chi connectivity index (χ0n) is 14.2. The van der Waals surface area contributed by atoms with Crippen LogP contribution in [0.1, 0.15) is 75.0 Å². The lowest BCUT2D eigenvalue weighted by Crippen LogP contribution is -2.48. The van der Waals surface area contributed by atoms with Crippen molar-refractivity contribution in [1.82, 2.24) is 15.3 Å². The van der Waals surface area contributed by atoms with Crippen molar-refractivity contribution in [3.8, 4) is 0 Å². The van der Waals surface area contributed by atoms with Gasteiger partial charge in [-0.3, -0.25) is 0 Å². The average molecular weight is 303 g/mol. The molecular weight excluding hydrogens is 274 g/mol. The van der Waals surface area contributed by atoms with Gasteiger partial charge in [-0.1, -0.05) is 19.3 Å². The molecule has 22 heavy (non-hydrogen) atoms. The minimum Gasteiger partial charge on any atom is -0.375 e. The van der Waals surface area contributed by atoms with Gasteiger partial charge in [-0.15, -0.1) is 0 Å². The molecule has 1 spiro atoms. The van der Waals surface area contributed by atoms with Gasteiger partial charge in [0.15, 0.2) is 0 Å². The molecule has 3 rings (SSSR count). The van der Waals surface area contributed by atoms with Crippen molar-refractivity contribution in [3.05, 3.63) is 23.3 Å². The topological polar surface area (TPSA) is 47.0 Å². The van der Waals surface area contributed by atoms with E-state index < -0.39 is 0 Å². The largest absolute Gasteiger partial charge is 0.375 e. The van der Waals surface area contributed by atoms with Crippen LogP contribution in [0.2, 0.25) is 0 Å². The lowest BCUT2D eigenvalue weighted by molar-refractivity contribution is -0.110. The Bertz CT molecular complexity index is 506. The number of hydrogen-bond donors (Lipinski definition) is 1. The molecular formula is C18H29N3O. The molecule has 1 saturated carbocycles. The molecule has 1 saturated heterocycles. The van der Waals surface area contributed by atoms with Crippen LogP contribution in [0.15, 0.2) is 6.20 Å². The summed E-state index contributed by atoms with van der Waals surface area (Å²) in [5, 5.41) is 3.81. The van der Waals surface area contributed by atoms with Crippen molar-refractivity contribution < 1.29 is 4.74 Å². The molecule has 2 atom stereocenters. The van der Waals surface area contributed by atoms with Crippen LogP contribution in [-0.2, 0) is 4.74 Å². The number of hydrogen-bond acceptors (Lipinski definition) is 4. The van der Waals surface area contributed by atoms with E-state index in [1.807, 2.05) is 13.1 Å². The maximum atomic E-state index is 6.20. The third-order valence-electron chi connectivity index (χ3n) is 5.35. The van der Waals surface area contributed by atoms with Gasteiger partial charge in [0, 0.05) is 36.1 Å². The summed E-state index contributed by atoms with van der Waals surface area (Å²) in [6, 6.07) is 0.840. The highest BCUT2D eigenvalue weighted by atomic mass is 16.5. The highest BCUT2D eigenvalue weighted by Gasteiger charge is 2.38.